The van der Waals surface area contributed by atoms with Crippen LogP contribution in [0.25, 0.3) is 16.6 Å². The van der Waals surface area contributed by atoms with E-state index in [0.29, 0.717) is 28.8 Å². The Morgan fingerprint density at radius 3 is 2.97 bits per heavy atom. The molecule has 32 heavy (non-hydrogen) atoms. The minimum atomic E-state index is -0.0578. The molecule has 0 spiro atoms. The van der Waals surface area contributed by atoms with E-state index in [1.165, 1.54) is 0 Å². The molecule has 0 bridgehead atoms. The maximum atomic E-state index is 9.69. The molecular formula is C24H22Cl2N4O2. The Hall–Kier alpha value is -2.59. The summed E-state index contributed by atoms with van der Waals surface area (Å²) in [6.07, 6.45) is 10.6. The predicted molar refractivity (Wildman–Crippen MR) is 124 cm³/mol. The highest BCUT2D eigenvalue weighted by molar-refractivity contribution is 6.33. The molecule has 5 rings (SSSR count). The Labute approximate surface area is 196 Å². The third-order valence-electron chi connectivity index (χ3n) is 5.97. The summed E-state index contributed by atoms with van der Waals surface area (Å²) in [5, 5.41) is 15.7. The Morgan fingerprint density at radius 1 is 1.28 bits per heavy atom. The first kappa shape index (κ1) is 21.3. The molecule has 6 nitrogen and oxygen atoms in total. The van der Waals surface area contributed by atoms with Crippen molar-refractivity contribution in [2.75, 3.05) is 19.1 Å². The molecule has 0 amide bonds. The van der Waals surface area contributed by atoms with Gasteiger partial charge in [-0.2, -0.15) is 10.4 Å². The quantitative estimate of drug-likeness (QED) is 0.452. The van der Waals surface area contributed by atoms with Gasteiger partial charge in [0.25, 0.3) is 0 Å². The molecule has 0 radical (unpaired) electrons. The number of halogens is 2. The van der Waals surface area contributed by atoms with Crippen molar-refractivity contribution in [2.24, 2.45) is 0 Å². The molecule has 1 aliphatic carbocycles. The summed E-state index contributed by atoms with van der Waals surface area (Å²) in [6, 6.07) is 6.17. The van der Waals surface area contributed by atoms with Crippen LogP contribution in [-0.4, -0.2) is 33.9 Å². The number of ether oxygens (including phenoxy) is 2. The van der Waals surface area contributed by atoms with Gasteiger partial charge in [0, 0.05) is 23.8 Å². The van der Waals surface area contributed by atoms with E-state index in [0.717, 1.165) is 72.0 Å². The van der Waals surface area contributed by atoms with Gasteiger partial charge in [-0.05, 0) is 60.9 Å². The van der Waals surface area contributed by atoms with Crippen LogP contribution in [0.5, 0.6) is 5.75 Å². The molecule has 3 heterocycles. The average Bonchev–Trinajstić information content (AvgIpc) is 3.27. The SMILES string of the molecule is N#Cc1cc2c(c(Cl)c1OCCCl)CCC=C2c1cnc2c(cnn2C2CCCCO2)c1. The molecule has 1 aromatic carbocycles. The molecule has 0 N–H and O–H groups in total. The number of hydrogen-bond acceptors (Lipinski definition) is 5. The number of alkyl halides is 1. The van der Waals surface area contributed by atoms with E-state index in [4.69, 9.17) is 37.7 Å². The van der Waals surface area contributed by atoms with Crippen LogP contribution in [0.2, 0.25) is 5.02 Å². The summed E-state index contributed by atoms with van der Waals surface area (Å²) in [4.78, 5) is 4.73. The number of allylic oxidation sites excluding steroid dienone is 1. The van der Waals surface area contributed by atoms with Crippen molar-refractivity contribution in [1.82, 2.24) is 14.8 Å². The first-order chi connectivity index (χ1) is 15.7. The highest BCUT2D eigenvalue weighted by Gasteiger charge is 2.24. The Bertz CT molecular complexity index is 1240. The maximum Gasteiger partial charge on any atom is 0.160 e. The first-order valence-electron chi connectivity index (χ1n) is 10.8. The van der Waals surface area contributed by atoms with E-state index in [-0.39, 0.29) is 6.23 Å². The van der Waals surface area contributed by atoms with Crippen molar-refractivity contribution in [1.29, 1.82) is 5.26 Å². The van der Waals surface area contributed by atoms with Gasteiger partial charge in [0.15, 0.2) is 17.6 Å². The largest absolute Gasteiger partial charge is 0.489 e. The van der Waals surface area contributed by atoms with E-state index < -0.39 is 0 Å². The molecule has 0 saturated carbocycles. The third-order valence-corrected chi connectivity index (χ3v) is 6.53. The second-order valence-electron chi connectivity index (χ2n) is 7.95. The van der Waals surface area contributed by atoms with Gasteiger partial charge in [-0.25, -0.2) is 9.67 Å². The third kappa shape index (κ3) is 3.75. The summed E-state index contributed by atoms with van der Waals surface area (Å²) < 4.78 is 13.5. The van der Waals surface area contributed by atoms with Crippen LogP contribution in [0.3, 0.4) is 0 Å². The highest BCUT2D eigenvalue weighted by atomic mass is 35.5. The lowest BCUT2D eigenvalue weighted by Gasteiger charge is -2.23. The molecule has 1 saturated heterocycles. The average molecular weight is 469 g/mol. The second kappa shape index (κ2) is 9.11. The summed E-state index contributed by atoms with van der Waals surface area (Å²) in [7, 11) is 0. The number of nitrogens with zero attached hydrogens (tertiary/aromatic N) is 4. The molecule has 1 atom stereocenters. The summed E-state index contributed by atoms with van der Waals surface area (Å²) in [5.74, 6) is 0.742. The van der Waals surface area contributed by atoms with Gasteiger partial charge in [0.05, 0.1) is 22.7 Å². The van der Waals surface area contributed by atoms with Crippen molar-refractivity contribution < 1.29 is 9.47 Å². The van der Waals surface area contributed by atoms with E-state index in [9.17, 15) is 5.26 Å². The van der Waals surface area contributed by atoms with Gasteiger partial charge in [-0.3, -0.25) is 0 Å². The van der Waals surface area contributed by atoms with Crippen molar-refractivity contribution in [3.05, 3.63) is 57.9 Å². The van der Waals surface area contributed by atoms with Gasteiger partial charge in [0.2, 0.25) is 0 Å². The van der Waals surface area contributed by atoms with Crippen LogP contribution in [0.1, 0.15) is 54.2 Å². The minimum Gasteiger partial charge on any atom is -0.489 e. The smallest absolute Gasteiger partial charge is 0.160 e. The highest BCUT2D eigenvalue weighted by Crippen LogP contribution is 2.42. The molecule has 1 aliphatic heterocycles. The molecule has 164 valence electrons. The first-order valence-corrected chi connectivity index (χ1v) is 11.7. The van der Waals surface area contributed by atoms with Gasteiger partial charge < -0.3 is 9.47 Å². The van der Waals surface area contributed by atoms with E-state index >= 15 is 0 Å². The van der Waals surface area contributed by atoms with Crippen LogP contribution in [0.4, 0.5) is 0 Å². The fourth-order valence-corrected chi connectivity index (χ4v) is 4.91. The number of nitriles is 1. The van der Waals surface area contributed by atoms with Crippen molar-refractivity contribution in [2.45, 2.75) is 38.3 Å². The van der Waals surface area contributed by atoms with Gasteiger partial charge in [-0.15, -0.1) is 11.6 Å². The fourth-order valence-electron chi connectivity index (χ4n) is 4.48. The fraction of sp³-hybridized carbons (Fsp3) is 0.375. The lowest BCUT2D eigenvalue weighted by atomic mass is 9.86. The second-order valence-corrected chi connectivity index (χ2v) is 8.70. The molecule has 1 unspecified atom stereocenters. The number of pyridine rings is 1. The van der Waals surface area contributed by atoms with Crippen LogP contribution < -0.4 is 4.74 Å². The van der Waals surface area contributed by atoms with Gasteiger partial charge in [0.1, 0.15) is 12.7 Å². The van der Waals surface area contributed by atoms with Crippen molar-refractivity contribution >= 4 is 39.8 Å². The van der Waals surface area contributed by atoms with Crippen LogP contribution in [-0.2, 0) is 11.2 Å². The Balaban J connectivity index is 1.54. The molecule has 2 aliphatic rings. The number of benzene rings is 1. The number of aromatic nitrogens is 3. The number of hydrogen-bond donors (Lipinski definition) is 0. The summed E-state index contributed by atoms with van der Waals surface area (Å²) >= 11 is 12.5. The maximum absolute atomic E-state index is 9.69. The summed E-state index contributed by atoms with van der Waals surface area (Å²) in [5.41, 5.74) is 5.14. The summed E-state index contributed by atoms with van der Waals surface area (Å²) in [6.45, 7) is 1.05. The van der Waals surface area contributed by atoms with Crippen LogP contribution in [0.15, 0.2) is 30.6 Å². The van der Waals surface area contributed by atoms with E-state index in [2.05, 4.69) is 23.3 Å². The zero-order valence-corrected chi connectivity index (χ0v) is 19.0. The van der Waals surface area contributed by atoms with Crippen molar-refractivity contribution in [3.8, 4) is 11.8 Å². The zero-order chi connectivity index (χ0) is 22.1. The normalized spacial score (nSPS) is 18.2. The molecule has 2 aromatic heterocycles. The van der Waals surface area contributed by atoms with Gasteiger partial charge >= 0.3 is 0 Å². The Kier molecular flexibility index (Phi) is 6.05. The lowest BCUT2D eigenvalue weighted by Crippen LogP contribution is -2.19. The van der Waals surface area contributed by atoms with Crippen LogP contribution in [0, 0.1) is 11.3 Å². The minimum absolute atomic E-state index is 0.0578. The van der Waals surface area contributed by atoms with Gasteiger partial charge in [-0.1, -0.05) is 17.7 Å². The van der Waals surface area contributed by atoms with E-state index in [1.54, 1.807) is 0 Å². The lowest BCUT2D eigenvalue weighted by molar-refractivity contribution is -0.0370. The Morgan fingerprint density at radius 2 is 2.19 bits per heavy atom. The van der Waals surface area contributed by atoms with E-state index in [1.807, 2.05) is 23.1 Å². The van der Waals surface area contributed by atoms with Crippen LogP contribution >= 0.6 is 23.2 Å². The predicted octanol–water partition coefficient (Wildman–Crippen LogP) is 5.65. The monoisotopic (exact) mass is 468 g/mol. The molecular weight excluding hydrogens is 447 g/mol. The number of fused-ring (bicyclic) bond motifs is 2. The van der Waals surface area contributed by atoms with Crippen molar-refractivity contribution in [3.63, 3.8) is 0 Å². The zero-order valence-electron chi connectivity index (χ0n) is 17.5. The molecule has 3 aromatic rings. The number of rotatable bonds is 5. The standard InChI is InChI=1S/C24H22Cl2N4O2/c25-7-9-32-23-15(12-27)11-20-18(4-3-5-19(20)22(23)26)16-10-17-14-29-30(24(17)28-13-16)21-6-1-2-8-31-21/h4,10-11,13-14,21H,1-3,5-9H2. The topological polar surface area (TPSA) is 73.0 Å². The molecule has 1 fully saturated rings. The molecule has 8 heteroatoms.